The van der Waals surface area contributed by atoms with Crippen molar-refractivity contribution in [3.63, 3.8) is 0 Å². The molecule has 1 saturated heterocycles. The van der Waals surface area contributed by atoms with Crippen molar-refractivity contribution in [3.05, 3.63) is 85.1 Å². The number of rotatable bonds is 59. The highest BCUT2D eigenvalue weighted by molar-refractivity contribution is 5.76. The normalized spacial score (nSPS) is 18.9. The maximum absolute atomic E-state index is 13.1. The molecule has 0 bridgehead atoms. The summed E-state index contributed by atoms with van der Waals surface area (Å²) < 4.78 is 11.3. The van der Waals surface area contributed by atoms with E-state index in [1.54, 1.807) is 6.08 Å². The van der Waals surface area contributed by atoms with E-state index in [1.807, 2.05) is 6.08 Å². The molecule has 0 saturated carbocycles. The fourth-order valence-corrected chi connectivity index (χ4v) is 10.6. The van der Waals surface area contributed by atoms with Crippen molar-refractivity contribution < 1.29 is 39.8 Å². The van der Waals surface area contributed by atoms with E-state index in [2.05, 4.69) is 92.1 Å². The van der Waals surface area contributed by atoms with Gasteiger partial charge in [0.25, 0.3) is 0 Å². The predicted octanol–water partition coefficient (Wildman–Crippen LogP) is 18.5. The lowest BCUT2D eigenvalue weighted by Crippen LogP contribution is -2.60. The molecule has 1 rings (SSSR count). The summed E-state index contributed by atoms with van der Waals surface area (Å²) in [5.41, 5.74) is 0. The van der Waals surface area contributed by atoms with Gasteiger partial charge < -0.3 is 40.3 Å². The van der Waals surface area contributed by atoms with Gasteiger partial charge in [0.05, 0.1) is 25.4 Å². The number of amides is 1. The minimum Gasteiger partial charge on any atom is -0.394 e. The Labute approximate surface area is 499 Å². The first-order valence-electron chi connectivity index (χ1n) is 34.3. The highest BCUT2D eigenvalue weighted by Gasteiger charge is 2.44. The molecule has 81 heavy (non-hydrogen) atoms. The van der Waals surface area contributed by atoms with Crippen molar-refractivity contribution in [3.8, 4) is 0 Å². The van der Waals surface area contributed by atoms with Crippen molar-refractivity contribution in [1.82, 2.24) is 5.32 Å². The average molecular weight is 1140 g/mol. The molecule has 1 aliphatic rings. The van der Waals surface area contributed by atoms with Crippen molar-refractivity contribution in [1.29, 1.82) is 0 Å². The number of aliphatic hydroxyl groups is 5. The number of hydrogen-bond acceptors (Lipinski definition) is 8. The molecule has 0 radical (unpaired) electrons. The number of aliphatic hydroxyl groups excluding tert-OH is 5. The summed E-state index contributed by atoms with van der Waals surface area (Å²) >= 11 is 0. The van der Waals surface area contributed by atoms with Crippen molar-refractivity contribution in [2.45, 2.75) is 352 Å². The van der Waals surface area contributed by atoms with Crippen LogP contribution >= 0.6 is 0 Å². The summed E-state index contributed by atoms with van der Waals surface area (Å²) in [5, 5.41) is 54.7. The molecule has 0 spiro atoms. The Hall–Kier alpha value is -2.63. The first-order valence-corrected chi connectivity index (χ1v) is 34.3. The molecule has 7 unspecified atom stereocenters. The van der Waals surface area contributed by atoms with E-state index >= 15 is 0 Å². The highest BCUT2D eigenvalue weighted by Crippen LogP contribution is 2.23. The summed E-state index contributed by atoms with van der Waals surface area (Å²) in [6.45, 7) is 3.70. The maximum Gasteiger partial charge on any atom is 0.220 e. The van der Waals surface area contributed by atoms with Gasteiger partial charge in [-0.3, -0.25) is 4.79 Å². The van der Waals surface area contributed by atoms with Gasteiger partial charge in [-0.15, -0.1) is 0 Å². The number of unbranched alkanes of at least 4 members (excludes halogenated alkanes) is 37. The number of ether oxygens (including phenoxy) is 2. The molecule has 7 atom stereocenters. The van der Waals surface area contributed by atoms with Gasteiger partial charge in [-0.25, -0.2) is 0 Å². The zero-order valence-corrected chi connectivity index (χ0v) is 52.5. The van der Waals surface area contributed by atoms with Gasteiger partial charge in [0.15, 0.2) is 6.29 Å². The summed E-state index contributed by atoms with van der Waals surface area (Å²) in [6, 6.07) is -0.809. The number of hydrogen-bond donors (Lipinski definition) is 6. The number of nitrogens with one attached hydrogen (secondary N) is 1. The van der Waals surface area contributed by atoms with E-state index in [1.165, 1.54) is 212 Å². The van der Waals surface area contributed by atoms with Crippen LogP contribution in [0.1, 0.15) is 309 Å². The lowest BCUT2D eigenvalue weighted by molar-refractivity contribution is -0.302. The molecule has 1 heterocycles. The summed E-state index contributed by atoms with van der Waals surface area (Å²) in [5.74, 6) is -0.175. The van der Waals surface area contributed by atoms with Gasteiger partial charge in [-0.05, 0) is 70.6 Å². The van der Waals surface area contributed by atoms with Crippen molar-refractivity contribution >= 4 is 5.91 Å². The fourth-order valence-electron chi connectivity index (χ4n) is 10.6. The van der Waals surface area contributed by atoms with Crippen LogP contribution in [0.15, 0.2) is 85.1 Å². The Morgan fingerprint density at radius 1 is 0.432 bits per heavy atom. The Bertz CT molecular complexity index is 1550. The fraction of sp³-hybridized carbons (Fsp3) is 0.792. The second-order valence-corrected chi connectivity index (χ2v) is 23.6. The molecule has 470 valence electrons. The molecule has 9 nitrogen and oxygen atoms in total. The van der Waals surface area contributed by atoms with Gasteiger partial charge in [-0.1, -0.05) is 317 Å². The second-order valence-electron chi connectivity index (χ2n) is 23.6. The van der Waals surface area contributed by atoms with Gasteiger partial charge in [0.2, 0.25) is 5.91 Å². The SMILES string of the molecule is CC/C=C\C/C=C\C/C=C\C/C=C\C/C=C\C/C=C\CCCCCCCCCCCCCCCCCCC(=O)NC(COC1OC(CO)C(O)C(O)C1O)C(O)/C=C/CCCCCCCCCCCCCCCCCCCCCCC. The molecule has 0 aromatic rings. The Balaban J connectivity index is 2.13. The number of carbonyl (C=O) groups excluding carboxylic acids is 1. The van der Waals surface area contributed by atoms with Gasteiger partial charge in [-0.2, -0.15) is 0 Å². The van der Waals surface area contributed by atoms with Crippen LogP contribution in [0, 0.1) is 0 Å². The van der Waals surface area contributed by atoms with E-state index in [4.69, 9.17) is 9.47 Å². The molecule has 0 aliphatic carbocycles. The van der Waals surface area contributed by atoms with E-state index < -0.39 is 49.5 Å². The van der Waals surface area contributed by atoms with Crippen LogP contribution in [-0.2, 0) is 14.3 Å². The Kier molecular flexibility index (Phi) is 57.0. The largest absolute Gasteiger partial charge is 0.394 e. The van der Waals surface area contributed by atoms with Crippen molar-refractivity contribution in [2.75, 3.05) is 13.2 Å². The van der Waals surface area contributed by atoms with Gasteiger partial charge in [0, 0.05) is 6.42 Å². The maximum atomic E-state index is 13.1. The molecule has 0 aromatic heterocycles. The Morgan fingerprint density at radius 2 is 0.765 bits per heavy atom. The average Bonchev–Trinajstić information content (AvgIpc) is 3.48. The third-order valence-corrected chi connectivity index (χ3v) is 16.0. The molecular weight excluding hydrogens is 1010 g/mol. The second kappa shape index (κ2) is 60.5. The lowest BCUT2D eigenvalue weighted by Gasteiger charge is -2.40. The first-order chi connectivity index (χ1) is 39.8. The number of allylic oxidation sites excluding steroid dienone is 13. The Morgan fingerprint density at radius 3 is 1.14 bits per heavy atom. The van der Waals surface area contributed by atoms with Crippen LogP contribution in [0.5, 0.6) is 0 Å². The summed E-state index contributed by atoms with van der Waals surface area (Å²) in [6.07, 6.45) is 79.6. The minimum atomic E-state index is -1.57. The number of carbonyl (C=O) groups is 1. The molecule has 9 heteroatoms. The zero-order chi connectivity index (χ0) is 58.6. The lowest BCUT2D eigenvalue weighted by atomic mass is 9.99. The highest BCUT2D eigenvalue weighted by atomic mass is 16.7. The molecule has 0 aromatic carbocycles. The summed E-state index contributed by atoms with van der Waals surface area (Å²) in [4.78, 5) is 13.1. The monoisotopic (exact) mass is 1140 g/mol. The predicted molar refractivity (Wildman–Crippen MR) is 345 cm³/mol. The van der Waals surface area contributed by atoms with E-state index in [0.717, 1.165) is 77.0 Å². The van der Waals surface area contributed by atoms with Gasteiger partial charge >= 0.3 is 0 Å². The van der Waals surface area contributed by atoms with Crippen LogP contribution in [0.3, 0.4) is 0 Å². The summed E-state index contributed by atoms with van der Waals surface area (Å²) in [7, 11) is 0. The van der Waals surface area contributed by atoms with Crippen LogP contribution in [-0.4, -0.2) is 87.5 Å². The van der Waals surface area contributed by atoms with Crippen LogP contribution < -0.4 is 5.32 Å². The molecule has 1 amide bonds. The first kappa shape index (κ1) is 76.4. The van der Waals surface area contributed by atoms with E-state index in [0.29, 0.717) is 6.42 Å². The minimum absolute atomic E-state index is 0.175. The van der Waals surface area contributed by atoms with Crippen LogP contribution in [0.25, 0.3) is 0 Å². The standard InChI is InChI=1S/C72H129NO8/c1-3-5-7-9-11-13-15-17-19-21-23-25-27-28-29-30-31-32-33-34-35-36-37-38-40-42-44-46-48-50-52-54-56-58-60-62-68(76)73-65(64-80-72-71(79)70(78)69(77)67(63-74)81-72)66(75)61-59-57-55-53-51-49-47-45-43-41-39-26-24-22-20-18-16-14-12-10-8-6-4-2/h5,7,11,13,17,19,23,25,28-29,31-32,59,61,65-67,69-72,74-75,77-79H,3-4,6,8-10,12,14-16,18,20-22,24,26-27,30,33-58,60,62-64H2,1-2H3,(H,73,76)/b7-5-,13-11-,19-17-,25-23-,29-28-,32-31-,61-59+. The molecule has 6 N–H and O–H groups in total. The molecule has 1 aliphatic heterocycles. The van der Waals surface area contributed by atoms with Crippen molar-refractivity contribution in [2.24, 2.45) is 0 Å². The van der Waals surface area contributed by atoms with E-state index in [-0.39, 0.29) is 12.5 Å². The quantitative estimate of drug-likeness (QED) is 0.0261. The third kappa shape index (κ3) is 49.4. The zero-order valence-electron chi connectivity index (χ0n) is 52.5. The molecular formula is C72H129NO8. The van der Waals surface area contributed by atoms with Crippen LogP contribution in [0.4, 0.5) is 0 Å². The topological polar surface area (TPSA) is 149 Å². The van der Waals surface area contributed by atoms with Crippen LogP contribution in [0.2, 0.25) is 0 Å². The molecule has 1 fully saturated rings. The van der Waals surface area contributed by atoms with E-state index in [9.17, 15) is 30.3 Å². The van der Waals surface area contributed by atoms with Gasteiger partial charge in [0.1, 0.15) is 24.4 Å². The smallest absolute Gasteiger partial charge is 0.220 e. The third-order valence-electron chi connectivity index (χ3n) is 16.0.